The molecule has 0 bridgehead atoms. The largest absolute Gasteiger partial charge is 0.358 e. The monoisotopic (exact) mass is 218 g/mol. The summed E-state index contributed by atoms with van der Waals surface area (Å²) >= 11 is 0. The van der Waals surface area contributed by atoms with E-state index in [2.05, 4.69) is 39.5 Å². The Morgan fingerprint density at radius 1 is 1.25 bits per heavy atom. The fourth-order valence-corrected chi connectivity index (χ4v) is 1.59. The first-order chi connectivity index (χ1) is 7.45. The molecule has 0 aromatic carbocycles. The van der Waals surface area contributed by atoms with Crippen molar-refractivity contribution in [3.05, 3.63) is 38.0 Å². The van der Waals surface area contributed by atoms with E-state index in [1.54, 1.807) is 12.2 Å². The van der Waals surface area contributed by atoms with Crippen molar-refractivity contribution < 1.29 is 4.74 Å². The minimum atomic E-state index is -0.604. The number of terminal acetylenes is 1. The zero-order valence-electron chi connectivity index (χ0n) is 10.5. The molecule has 0 N–H and O–H groups in total. The zero-order valence-corrected chi connectivity index (χ0v) is 10.5. The van der Waals surface area contributed by atoms with E-state index < -0.39 is 5.60 Å². The van der Waals surface area contributed by atoms with Gasteiger partial charge in [-0.05, 0) is 11.8 Å². The molecule has 0 aliphatic carbocycles. The topological polar surface area (TPSA) is 9.23 Å². The average molecular weight is 218 g/mol. The van der Waals surface area contributed by atoms with Gasteiger partial charge in [-0.2, -0.15) is 0 Å². The molecule has 1 heteroatoms. The molecule has 0 fully saturated rings. The van der Waals surface area contributed by atoms with Gasteiger partial charge < -0.3 is 4.74 Å². The van der Waals surface area contributed by atoms with E-state index in [4.69, 9.17) is 11.2 Å². The van der Waals surface area contributed by atoms with Gasteiger partial charge in [0.05, 0.1) is 6.61 Å². The van der Waals surface area contributed by atoms with Gasteiger partial charge in [0.15, 0.2) is 0 Å². The summed E-state index contributed by atoms with van der Waals surface area (Å²) in [7, 11) is 0. The zero-order chi connectivity index (χ0) is 12.7. The number of allylic oxidation sites excluding steroid dienone is 1. The fraction of sp³-hybridized carbons (Fsp3) is 0.467. The van der Waals surface area contributed by atoms with Gasteiger partial charge in [-0.1, -0.05) is 38.0 Å². The maximum atomic E-state index is 5.73. The van der Waals surface area contributed by atoms with Crippen LogP contribution in [0.2, 0.25) is 0 Å². The molecule has 1 atom stereocenters. The molecule has 16 heavy (non-hydrogen) atoms. The standard InChI is InChI=1S/C15H22O/c1-7-11-15(10-4,16-12-8-2)13-14(5,6)9-3/h4,7-9H,1-3,11-13H2,5-6H3. The van der Waals surface area contributed by atoms with Crippen LogP contribution in [0.1, 0.15) is 26.7 Å². The summed E-state index contributed by atoms with van der Waals surface area (Å²) in [6, 6.07) is 0. The van der Waals surface area contributed by atoms with Gasteiger partial charge in [0.2, 0.25) is 0 Å². The Bertz CT molecular complexity index is 293. The first kappa shape index (κ1) is 14.7. The highest BCUT2D eigenvalue weighted by atomic mass is 16.5. The highest BCUT2D eigenvalue weighted by Gasteiger charge is 2.33. The molecular formula is C15H22O. The molecule has 0 aromatic heterocycles. The Balaban J connectivity index is 4.89. The summed E-state index contributed by atoms with van der Waals surface area (Å²) in [5, 5.41) is 0. The highest BCUT2D eigenvalue weighted by molar-refractivity contribution is 5.14. The SMILES string of the molecule is C#CC(CC=C)(CC(C)(C)C=C)OCC=C. The van der Waals surface area contributed by atoms with E-state index >= 15 is 0 Å². The number of hydrogen-bond donors (Lipinski definition) is 0. The molecule has 0 spiro atoms. The Morgan fingerprint density at radius 2 is 1.88 bits per heavy atom. The summed E-state index contributed by atoms with van der Waals surface area (Å²) in [6.45, 7) is 15.8. The second-order valence-corrected chi connectivity index (χ2v) is 4.60. The van der Waals surface area contributed by atoms with Crippen molar-refractivity contribution in [2.45, 2.75) is 32.3 Å². The van der Waals surface area contributed by atoms with E-state index in [0.29, 0.717) is 13.0 Å². The lowest BCUT2D eigenvalue weighted by Gasteiger charge is -2.34. The maximum absolute atomic E-state index is 5.73. The molecule has 88 valence electrons. The van der Waals surface area contributed by atoms with Crippen LogP contribution in [0.3, 0.4) is 0 Å². The van der Waals surface area contributed by atoms with Crippen molar-refractivity contribution >= 4 is 0 Å². The number of ether oxygens (including phenoxy) is 1. The smallest absolute Gasteiger partial charge is 0.133 e. The third-order valence-electron chi connectivity index (χ3n) is 2.51. The van der Waals surface area contributed by atoms with Crippen molar-refractivity contribution in [1.82, 2.24) is 0 Å². The first-order valence-corrected chi connectivity index (χ1v) is 5.42. The Kier molecular flexibility index (Phi) is 5.85. The van der Waals surface area contributed by atoms with Crippen molar-refractivity contribution in [3.63, 3.8) is 0 Å². The van der Waals surface area contributed by atoms with Gasteiger partial charge in [0, 0.05) is 6.42 Å². The lowest BCUT2D eigenvalue weighted by Crippen LogP contribution is -2.35. The highest BCUT2D eigenvalue weighted by Crippen LogP contribution is 2.33. The second-order valence-electron chi connectivity index (χ2n) is 4.60. The fourth-order valence-electron chi connectivity index (χ4n) is 1.59. The molecule has 0 aromatic rings. The van der Waals surface area contributed by atoms with Gasteiger partial charge in [0.25, 0.3) is 0 Å². The third kappa shape index (κ3) is 4.51. The van der Waals surface area contributed by atoms with Crippen LogP contribution in [0.4, 0.5) is 0 Å². The van der Waals surface area contributed by atoms with Crippen LogP contribution in [0.15, 0.2) is 38.0 Å². The predicted octanol–water partition coefficient (Wildman–Crippen LogP) is 3.74. The molecule has 0 saturated heterocycles. The van der Waals surface area contributed by atoms with Gasteiger partial charge in [-0.3, -0.25) is 0 Å². The molecule has 1 unspecified atom stereocenters. The van der Waals surface area contributed by atoms with E-state index in [1.165, 1.54) is 0 Å². The molecule has 1 nitrogen and oxygen atoms in total. The van der Waals surface area contributed by atoms with Crippen LogP contribution < -0.4 is 0 Å². The van der Waals surface area contributed by atoms with Gasteiger partial charge in [0.1, 0.15) is 5.60 Å². The van der Waals surface area contributed by atoms with Crippen molar-refractivity contribution in [2.75, 3.05) is 6.61 Å². The summed E-state index contributed by atoms with van der Waals surface area (Å²) in [5.74, 6) is 2.75. The first-order valence-electron chi connectivity index (χ1n) is 5.42. The van der Waals surface area contributed by atoms with Crippen molar-refractivity contribution in [3.8, 4) is 12.3 Å². The van der Waals surface area contributed by atoms with Crippen LogP contribution in [-0.4, -0.2) is 12.2 Å². The Labute approximate surface area is 99.9 Å². The molecule has 0 heterocycles. The van der Waals surface area contributed by atoms with Crippen LogP contribution in [-0.2, 0) is 4.74 Å². The lowest BCUT2D eigenvalue weighted by molar-refractivity contribution is -0.00561. The minimum Gasteiger partial charge on any atom is -0.358 e. The summed E-state index contributed by atoms with van der Waals surface area (Å²) < 4.78 is 5.73. The van der Waals surface area contributed by atoms with Gasteiger partial charge in [-0.15, -0.1) is 26.2 Å². The quantitative estimate of drug-likeness (QED) is 0.445. The summed E-state index contributed by atoms with van der Waals surface area (Å²) in [6.07, 6.45) is 12.4. The summed E-state index contributed by atoms with van der Waals surface area (Å²) in [4.78, 5) is 0. The minimum absolute atomic E-state index is 0.0590. The normalized spacial score (nSPS) is 14.6. The molecule has 0 aliphatic rings. The van der Waals surface area contributed by atoms with Gasteiger partial charge in [-0.25, -0.2) is 0 Å². The van der Waals surface area contributed by atoms with Gasteiger partial charge >= 0.3 is 0 Å². The van der Waals surface area contributed by atoms with Crippen LogP contribution in [0.5, 0.6) is 0 Å². The molecule has 0 amide bonds. The van der Waals surface area contributed by atoms with E-state index in [9.17, 15) is 0 Å². The van der Waals surface area contributed by atoms with Crippen molar-refractivity contribution in [1.29, 1.82) is 0 Å². The molecular weight excluding hydrogens is 196 g/mol. The maximum Gasteiger partial charge on any atom is 0.133 e. The molecule has 0 aliphatic heterocycles. The number of hydrogen-bond acceptors (Lipinski definition) is 1. The van der Waals surface area contributed by atoms with Crippen LogP contribution in [0.25, 0.3) is 0 Å². The lowest BCUT2D eigenvalue weighted by atomic mass is 9.79. The molecule has 0 radical (unpaired) electrons. The molecule has 0 saturated carbocycles. The number of rotatable bonds is 8. The third-order valence-corrected chi connectivity index (χ3v) is 2.51. The molecule has 0 rings (SSSR count). The van der Waals surface area contributed by atoms with Crippen LogP contribution >= 0.6 is 0 Å². The summed E-state index contributed by atoms with van der Waals surface area (Å²) in [5.41, 5.74) is -0.663. The van der Waals surface area contributed by atoms with E-state index in [-0.39, 0.29) is 5.41 Å². The van der Waals surface area contributed by atoms with Crippen LogP contribution in [0, 0.1) is 17.8 Å². The average Bonchev–Trinajstić information content (AvgIpc) is 2.26. The van der Waals surface area contributed by atoms with Crippen molar-refractivity contribution in [2.24, 2.45) is 5.41 Å². The Morgan fingerprint density at radius 3 is 2.25 bits per heavy atom. The van der Waals surface area contributed by atoms with E-state index in [1.807, 2.05) is 6.08 Å². The van der Waals surface area contributed by atoms with E-state index in [0.717, 1.165) is 6.42 Å². The second kappa shape index (κ2) is 6.35. The Hall–Kier alpha value is -1.26. The predicted molar refractivity (Wildman–Crippen MR) is 71.1 cm³/mol.